The average Bonchev–Trinajstić information content (AvgIpc) is 3.23. The Morgan fingerprint density at radius 1 is 1.03 bits per heavy atom. The molecule has 1 aliphatic carbocycles. The van der Waals surface area contributed by atoms with Crippen molar-refractivity contribution < 1.29 is 19.1 Å². The first-order valence-corrected chi connectivity index (χ1v) is 11.2. The van der Waals surface area contributed by atoms with E-state index in [-0.39, 0.29) is 12.7 Å². The molecule has 29 heavy (non-hydrogen) atoms. The highest BCUT2D eigenvalue weighted by Crippen LogP contribution is 2.36. The summed E-state index contributed by atoms with van der Waals surface area (Å²) in [6.45, 7) is 2.59. The molecule has 0 radical (unpaired) electrons. The highest BCUT2D eigenvalue weighted by Gasteiger charge is 2.41. The maximum Gasteiger partial charge on any atom is 0.254 e. The molecular weight excluding hydrogens is 368 g/mol. The minimum atomic E-state index is 0.0532. The minimum absolute atomic E-state index is 0.0532. The van der Waals surface area contributed by atoms with Crippen LogP contribution in [0.5, 0.6) is 11.5 Å². The van der Waals surface area contributed by atoms with Crippen molar-refractivity contribution in [1.82, 2.24) is 9.80 Å². The van der Waals surface area contributed by atoms with Gasteiger partial charge in [-0.15, -0.1) is 0 Å². The third kappa shape index (κ3) is 3.69. The smallest absolute Gasteiger partial charge is 0.254 e. The Hall–Kier alpha value is -2.24. The first kappa shape index (κ1) is 18.8. The second-order valence-corrected chi connectivity index (χ2v) is 9.02. The molecule has 6 heteroatoms. The number of nitrogens with zero attached hydrogens (tertiary/aromatic N) is 2. The molecular formula is C23H30N2O4. The molecule has 4 aliphatic rings. The molecule has 1 saturated carbocycles. The fraction of sp³-hybridized carbons (Fsp3) is 0.652. The molecule has 156 valence electrons. The largest absolute Gasteiger partial charge is 0.454 e. The Balaban J connectivity index is 1.25. The van der Waals surface area contributed by atoms with Gasteiger partial charge in [0.05, 0.1) is 0 Å². The van der Waals surface area contributed by atoms with Gasteiger partial charge >= 0.3 is 0 Å². The second-order valence-electron chi connectivity index (χ2n) is 9.02. The van der Waals surface area contributed by atoms with Crippen molar-refractivity contribution >= 4 is 11.8 Å². The molecule has 0 aromatic heterocycles. The van der Waals surface area contributed by atoms with E-state index in [4.69, 9.17) is 9.47 Å². The van der Waals surface area contributed by atoms with Crippen molar-refractivity contribution in [2.75, 3.05) is 26.4 Å². The summed E-state index contributed by atoms with van der Waals surface area (Å²) in [5.74, 6) is 2.78. The molecule has 5 rings (SSSR count). The zero-order chi connectivity index (χ0) is 19.8. The predicted octanol–water partition coefficient (Wildman–Crippen LogP) is 3.45. The molecule has 0 bridgehead atoms. The maximum absolute atomic E-state index is 13.1. The Morgan fingerprint density at radius 3 is 2.72 bits per heavy atom. The number of carbonyl (C=O) groups is 2. The Labute approximate surface area is 172 Å². The van der Waals surface area contributed by atoms with E-state index < -0.39 is 0 Å². The number of fused-ring (bicyclic) bond motifs is 2. The van der Waals surface area contributed by atoms with Crippen LogP contribution in [0.15, 0.2) is 18.2 Å². The normalized spacial score (nSPS) is 27.1. The SMILES string of the molecule is O=C(c1ccc2c(c1)OCO2)N1CC[C@H]2[C@H](CCC(=O)N2CC2CCCCC2)C1. The van der Waals surface area contributed by atoms with E-state index in [1.165, 1.54) is 32.1 Å². The Bertz CT molecular complexity index is 789. The van der Waals surface area contributed by atoms with Crippen LogP contribution in [0.3, 0.4) is 0 Å². The fourth-order valence-electron chi connectivity index (χ4n) is 5.63. The van der Waals surface area contributed by atoms with Gasteiger partial charge in [0.1, 0.15) is 0 Å². The van der Waals surface area contributed by atoms with Gasteiger partial charge in [0, 0.05) is 37.7 Å². The highest BCUT2D eigenvalue weighted by molar-refractivity contribution is 5.95. The maximum atomic E-state index is 13.1. The van der Waals surface area contributed by atoms with E-state index >= 15 is 0 Å². The molecule has 0 unspecified atom stereocenters. The summed E-state index contributed by atoms with van der Waals surface area (Å²) in [6, 6.07) is 5.73. The van der Waals surface area contributed by atoms with Crippen LogP contribution in [-0.4, -0.2) is 54.1 Å². The van der Waals surface area contributed by atoms with Crippen molar-refractivity contribution in [3.05, 3.63) is 23.8 Å². The zero-order valence-corrected chi connectivity index (χ0v) is 17.0. The average molecular weight is 399 g/mol. The van der Waals surface area contributed by atoms with Gasteiger partial charge in [-0.05, 0) is 55.7 Å². The van der Waals surface area contributed by atoms with Crippen molar-refractivity contribution in [3.8, 4) is 11.5 Å². The van der Waals surface area contributed by atoms with Crippen molar-refractivity contribution in [2.24, 2.45) is 11.8 Å². The van der Waals surface area contributed by atoms with Crippen molar-refractivity contribution in [2.45, 2.75) is 57.4 Å². The molecule has 1 aromatic rings. The predicted molar refractivity (Wildman–Crippen MR) is 108 cm³/mol. The lowest BCUT2D eigenvalue weighted by molar-refractivity contribution is -0.141. The van der Waals surface area contributed by atoms with E-state index in [9.17, 15) is 9.59 Å². The van der Waals surface area contributed by atoms with Gasteiger partial charge in [0.15, 0.2) is 11.5 Å². The van der Waals surface area contributed by atoms with E-state index in [0.29, 0.717) is 53.8 Å². The van der Waals surface area contributed by atoms with Gasteiger partial charge in [-0.3, -0.25) is 9.59 Å². The lowest BCUT2D eigenvalue weighted by Crippen LogP contribution is -2.57. The summed E-state index contributed by atoms with van der Waals surface area (Å²) in [5.41, 5.74) is 0.652. The lowest BCUT2D eigenvalue weighted by Gasteiger charge is -2.48. The lowest BCUT2D eigenvalue weighted by atomic mass is 9.81. The molecule has 2 amide bonds. The molecule has 2 saturated heterocycles. The van der Waals surface area contributed by atoms with E-state index in [2.05, 4.69) is 4.90 Å². The van der Waals surface area contributed by atoms with Crippen LogP contribution >= 0.6 is 0 Å². The number of hydrogen-bond donors (Lipinski definition) is 0. The summed E-state index contributed by atoms with van der Waals surface area (Å²) in [6.07, 6.45) is 8.88. The first-order chi connectivity index (χ1) is 14.2. The van der Waals surface area contributed by atoms with Gasteiger partial charge in [-0.2, -0.15) is 0 Å². The Morgan fingerprint density at radius 2 is 1.86 bits per heavy atom. The standard InChI is InChI=1S/C23H30N2O4/c26-22-9-7-18-14-24(23(27)17-6-8-20-21(12-17)29-15-28-20)11-10-19(18)25(22)13-16-4-2-1-3-5-16/h6,8,12,16,18-19H,1-5,7,9-11,13-15H2/t18-,19+/m1/s1. The molecule has 1 aromatic carbocycles. The van der Waals surface area contributed by atoms with Gasteiger partial charge in [0.25, 0.3) is 5.91 Å². The van der Waals surface area contributed by atoms with Crippen LogP contribution in [0.25, 0.3) is 0 Å². The topological polar surface area (TPSA) is 59.1 Å². The summed E-state index contributed by atoms with van der Waals surface area (Å²) >= 11 is 0. The summed E-state index contributed by atoms with van der Waals surface area (Å²) in [4.78, 5) is 29.9. The third-order valence-electron chi connectivity index (χ3n) is 7.23. The number of piperidine rings is 2. The molecule has 3 fully saturated rings. The van der Waals surface area contributed by atoms with Gasteiger partial charge in [0.2, 0.25) is 12.7 Å². The van der Waals surface area contributed by atoms with Gasteiger partial charge in [-0.1, -0.05) is 19.3 Å². The van der Waals surface area contributed by atoms with Crippen LogP contribution in [0.4, 0.5) is 0 Å². The molecule has 3 heterocycles. The first-order valence-electron chi connectivity index (χ1n) is 11.2. The number of rotatable bonds is 3. The minimum Gasteiger partial charge on any atom is -0.454 e. The monoisotopic (exact) mass is 398 g/mol. The fourth-order valence-corrected chi connectivity index (χ4v) is 5.63. The molecule has 6 nitrogen and oxygen atoms in total. The molecule has 2 atom stereocenters. The quantitative estimate of drug-likeness (QED) is 0.783. The number of carbonyl (C=O) groups excluding carboxylic acids is 2. The van der Waals surface area contributed by atoms with Crippen LogP contribution in [0.1, 0.15) is 61.7 Å². The van der Waals surface area contributed by atoms with E-state index in [1.807, 2.05) is 17.0 Å². The summed E-state index contributed by atoms with van der Waals surface area (Å²) in [5, 5.41) is 0. The number of ether oxygens (including phenoxy) is 2. The summed E-state index contributed by atoms with van der Waals surface area (Å²) in [7, 11) is 0. The number of likely N-dealkylation sites (tertiary alicyclic amines) is 2. The van der Waals surface area contributed by atoms with Crippen LogP contribution in [-0.2, 0) is 4.79 Å². The number of hydrogen-bond acceptors (Lipinski definition) is 4. The number of benzene rings is 1. The van der Waals surface area contributed by atoms with E-state index in [0.717, 1.165) is 25.9 Å². The number of amides is 2. The van der Waals surface area contributed by atoms with Gasteiger partial charge in [-0.25, -0.2) is 0 Å². The zero-order valence-electron chi connectivity index (χ0n) is 17.0. The summed E-state index contributed by atoms with van der Waals surface area (Å²) < 4.78 is 10.8. The Kier molecular flexibility index (Phi) is 5.10. The van der Waals surface area contributed by atoms with Crippen LogP contribution < -0.4 is 9.47 Å². The third-order valence-corrected chi connectivity index (χ3v) is 7.23. The second kappa shape index (κ2) is 7.88. The van der Waals surface area contributed by atoms with Crippen molar-refractivity contribution in [3.63, 3.8) is 0 Å². The molecule has 0 spiro atoms. The van der Waals surface area contributed by atoms with Crippen LogP contribution in [0, 0.1) is 11.8 Å². The van der Waals surface area contributed by atoms with E-state index in [1.54, 1.807) is 6.07 Å². The highest BCUT2D eigenvalue weighted by atomic mass is 16.7. The molecule has 0 N–H and O–H groups in total. The van der Waals surface area contributed by atoms with Gasteiger partial charge < -0.3 is 19.3 Å². The van der Waals surface area contributed by atoms with Crippen molar-refractivity contribution in [1.29, 1.82) is 0 Å². The molecule has 3 aliphatic heterocycles. The van der Waals surface area contributed by atoms with Crippen LogP contribution in [0.2, 0.25) is 0 Å².